The smallest absolute Gasteiger partial charge is 0.268 e. The van der Waals surface area contributed by atoms with Crippen molar-refractivity contribution in [2.45, 2.75) is 11.8 Å². The average molecular weight is 392 g/mol. The number of aryl methyl sites for hydroxylation is 1. The number of fused-ring (bicyclic) bond motifs is 1. The van der Waals surface area contributed by atoms with Crippen molar-refractivity contribution < 1.29 is 13.2 Å². The molecule has 0 saturated heterocycles. The summed E-state index contributed by atoms with van der Waals surface area (Å²) in [4.78, 5) is 13.1. The molecule has 1 aliphatic heterocycles. The number of thioether (sulfide) groups is 2. The number of para-hydroxylation sites is 1. The summed E-state index contributed by atoms with van der Waals surface area (Å²) in [5.41, 5.74) is 2.00. The fourth-order valence-corrected chi connectivity index (χ4v) is 5.76. The number of anilines is 1. The highest BCUT2D eigenvalue weighted by Gasteiger charge is 2.42. The quantitative estimate of drug-likeness (QED) is 0.728. The zero-order chi connectivity index (χ0) is 18.2. The van der Waals surface area contributed by atoms with E-state index in [1.807, 2.05) is 19.4 Å². The van der Waals surface area contributed by atoms with Crippen LogP contribution in [-0.4, -0.2) is 26.7 Å². The van der Waals surface area contributed by atoms with Crippen LogP contribution >= 0.6 is 23.5 Å². The van der Waals surface area contributed by atoms with Crippen LogP contribution in [0.25, 0.3) is 0 Å². The van der Waals surface area contributed by atoms with Crippen molar-refractivity contribution in [3.05, 3.63) is 69.6 Å². The topological polar surface area (TPSA) is 54.5 Å². The number of hydrogen-bond acceptors (Lipinski definition) is 5. The van der Waals surface area contributed by atoms with Gasteiger partial charge < -0.3 is 0 Å². The van der Waals surface area contributed by atoms with Crippen molar-refractivity contribution in [3.63, 3.8) is 0 Å². The molecule has 0 saturated carbocycles. The van der Waals surface area contributed by atoms with Gasteiger partial charge in [-0.15, -0.1) is 23.5 Å². The van der Waals surface area contributed by atoms with Crippen LogP contribution in [0.2, 0.25) is 0 Å². The van der Waals surface area contributed by atoms with Crippen molar-refractivity contribution in [3.8, 4) is 0 Å². The number of nitrogens with zero attached hydrogens (tertiary/aromatic N) is 1. The molecule has 2 aromatic carbocycles. The van der Waals surface area contributed by atoms with Gasteiger partial charge in [0.05, 0.1) is 14.8 Å². The molecule has 1 heterocycles. The fourth-order valence-electron chi connectivity index (χ4n) is 2.70. The maximum absolute atomic E-state index is 13.3. The van der Waals surface area contributed by atoms with Gasteiger partial charge >= 0.3 is 0 Å². The summed E-state index contributed by atoms with van der Waals surface area (Å²) >= 11 is 2.75. The first kappa shape index (κ1) is 18.1. The highest BCUT2D eigenvalue weighted by atomic mass is 32.2. The molecule has 1 aliphatic rings. The van der Waals surface area contributed by atoms with E-state index >= 15 is 0 Å². The number of rotatable bonds is 4. The zero-order valence-electron chi connectivity index (χ0n) is 14.0. The zero-order valence-corrected chi connectivity index (χ0v) is 16.5. The Morgan fingerprint density at radius 1 is 0.960 bits per heavy atom. The average Bonchev–Trinajstić information content (AvgIpc) is 2.91. The third-order valence-electron chi connectivity index (χ3n) is 3.91. The molecule has 3 rings (SSSR count). The number of sulfonamides is 1. The van der Waals surface area contributed by atoms with Crippen LogP contribution in [0.1, 0.15) is 15.9 Å². The van der Waals surface area contributed by atoms with E-state index in [2.05, 4.69) is 0 Å². The summed E-state index contributed by atoms with van der Waals surface area (Å²) in [6.07, 6.45) is 3.68. The molecule has 0 spiro atoms. The van der Waals surface area contributed by atoms with E-state index in [0.29, 0.717) is 15.5 Å². The fraction of sp³-hybridized carbons (Fsp3) is 0.167. The molecule has 2 aromatic rings. The van der Waals surface area contributed by atoms with E-state index < -0.39 is 10.0 Å². The van der Waals surface area contributed by atoms with Gasteiger partial charge in [0.15, 0.2) is 0 Å². The molecular formula is C18H17NO3S3. The van der Waals surface area contributed by atoms with Crippen molar-refractivity contribution in [2.24, 2.45) is 0 Å². The minimum Gasteiger partial charge on any atom is -0.287 e. The summed E-state index contributed by atoms with van der Waals surface area (Å²) in [5.74, 6) is -0.259. The molecule has 0 N–H and O–H groups in total. The van der Waals surface area contributed by atoms with Gasteiger partial charge in [0, 0.05) is 5.56 Å². The molecule has 0 aliphatic carbocycles. The van der Waals surface area contributed by atoms with Crippen molar-refractivity contribution >= 4 is 45.0 Å². The van der Waals surface area contributed by atoms with Crippen LogP contribution < -0.4 is 4.31 Å². The Morgan fingerprint density at radius 3 is 2.16 bits per heavy atom. The minimum atomic E-state index is -3.89. The van der Waals surface area contributed by atoms with Gasteiger partial charge in [-0.3, -0.25) is 4.79 Å². The first-order valence-electron chi connectivity index (χ1n) is 7.49. The third kappa shape index (κ3) is 3.01. The largest absolute Gasteiger partial charge is 0.287 e. The van der Waals surface area contributed by atoms with E-state index in [-0.39, 0.29) is 16.4 Å². The third-order valence-corrected chi connectivity index (χ3v) is 7.77. The molecular weight excluding hydrogens is 374 g/mol. The molecule has 25 heavy (non-hydrogen) atoms. The van der Waals surface area contributed by atoms with E-state index in [1.165, 1.54) is 27.8 Å². The summed E-state index contributed by atoms with van der Waals surface area (Å²) in [6.45, 7) is 1.90. The molecule has 0 fully saturated rings. The number of benzene rings is 2. The summed E-state index contributed by atoms with van der Waals surface area (Å²) in [7, 11) is -3.89. The molecule has 0 atom stereocenters. The standard InChI is InChI=1S/C18H17NO3S3/c1-12-8-10-13(11-9-12)25(21,22)19-15-7-5-4-6-14(15)17(20)16(19)18(23-2)24-3/h4-11H,1-3H3. The van der Waals surface area contributed by atoms with Gasteiger partial charge in [0.25, 0.3) is 10.0 Å². The van der Waals surface area contributed by atoms with E-state index in [9.17, 15) is 13.2 Å². The highest BCUT2D eigenvalue weighted by molar-refractivity contribution is 8.21. The molecule has 0 radical (unpaired) electrons. The van der Waals surface area contributed by atoms with Gasteiger partial charge in [-0.1, -0.05) is 29.8 Å². The predicted octanol–water partition coefficient (Wildman–Crippen LogP) is 4.28. The van der Waals surface area contributed by atoms with Crippen molar-refractivity contribution in [2.75, 3.05) is 16.8 Å². The Bertz CT molecular complexity index is 957. The SMILES string of the molecule is CSC(SC)=C1C(=O)c2ccccc2N1S(=O)(=O)c1ccc(C)cc1. The Kier molecular flexibility index (Phi) is 4.99. The lowest BCUT2D eigenvalue weighted by molar-refractivity contribution is 0.104. The molecule has 0 aromatic heterocycles. The van der Waals surface area contributed by atoms with Crippen molar-refractivity contribution in [1.29, 1.82) is 0 Å². The maximum Gasteiger partial charge on any atom is 0.268 e. The molecule has 0 bridgehead atoms. The first-order valence-corrected chi connectivity index (χ1v) is 11.4. The van der Waals surface area contributed by atoms with Crippen LogP contribution in [-0.2, 0) is 10.0 Å². The lowest BCUT2D eigenvalue weighted by Gasteiger charge is -2.22. The normalized spacial score (nSPS) is 14.0. The number of carbonyl (C=O) groups is 1. The molecule has 0 amide bonds. The Balaban J connectivity index is 2.28. The second-order valence-electron chi connectivity index (χ2n) is 5.47. The van der Waals surface area contributed by atoms with Crippen LogP contribution in [0.4, 0.5) is 5.69 Å². The number of ketones is 1. The van der Waals surface area contributed by atoms with E-state index in [0.717, 1.165) is 5.56 Å². The highest BCUT2D eigenvalue weighted by Crippen LogP contribution is 2.43. The Hall–Kier alpha value is -1.70. The van der Waals surface area contributed by atoms with Crippen LogP contribution in [0, 0.1) is 6.92 Å². The monoisotopic (exact) mass is 391 g/mol. The van der Waals surface area contributed by atoms with Gasteiger partial charge in [-0.2, -0.15) is 0 Å². The Labute approximate surface area is 156 Å². The van der Waals surface area contributed by atoms with E-state index in [1.54, 1.807) is 48.5 Å². The lowest BCUT2D eigenvalue weighted by Crippen LogP contribution is -2.29. The molecule has 0 unspecified atom stereocenters. The number of carbonyl (C=O) groups excluding carboxylic acids is 1. The number of Topliss-reactive ketones (excluding diaryl/α,β-unsaturated/α-hetero) is 1. The summed E-state index contributed by atoms with van der Waals surface area (Å²) < 4.78 is 28.5. The van der Waals surface area contributed by atoms with Crippen LogP contribution in [0.5, 0.6) is 0 Å². The number of hydrogen-bond donors (Lipinski definition) is 0. The molecule has 7 heteroatoms. The second kappa shape index (κ2) is 6.90. The van der Waals surface area contributed by atoms with E-state index in [4.69, 9.17) is 0 Å². The van der Waals surface area contributed by atoms with Crippen LogP contribution in [0.3, 0.4) is 0 Å². The predicted molar refractivity (Wildman–Crippen MR) is 106 cm³/mol. The Morgan fingerprint density at radius 2 is 1.56 bits per heavy atom. The van der Waals surface area contributed by atoms with Gasteiger partial charge in [-0.25, -0.2) is 12.7 Å². The van der Waals surface area contributed by atoms with Gasteiger partial charge in [0.1, 0.15) is 5.70 Å². The molecule has 130 valence electrons. The maximum atomic E-state index is 13.3. The molecule has 4 nitrogen and oxygen atoms in total. The minimum absolute atomic E-state index is 0.168. The van der Waals surface area contributed by atoms with Crippen molar-refractivity contribution in [1.82, 2.24) is 0 Å². The van der Waals surface area contributed by atoms with Crippen LogP contribution in [0.15, 0.2) is 63.4 Å². The number of allylic oxidation sites excluding steroid dienone is 1. The first-order chi connectivity index (χ1) is 11.9. The summed E-state index contributed by atoms with van der Waals surface area (Å²) in [5, 5.41) is 0. The van der Waals surface area contributed by atoms with Gasteiger partial charge in [0.2, 0.25) is 5.78 Å². The second-order valence-corrected chi connectivity index (χ2v) is 9.15. The van der Waals surface area contributed by atoms with Gasteiger partial charge in [-0.05, 0) is 43.7 Å². The summed E-state index contributed by atoms with van der Waals surface area (Å²) in [6, 6.07) is 13.5. The lowest BCUT2D eigenvalue weighted by atomic mass is 10.1.